The Labute approximate surface area is 111 Å². The number of ether oxygens (including phenoxy) is 1. The van der Waals surface area contributed by atoms with E-state index in [1.54, 1.807) is 6.26 Å². The molecule has 0 saturated carbocycles. The van der Waals surface area contributed by atoms with Crippen molar-refractivity contribution in [2.45, 2.75) is 6.04 Å². The van der Waals surface area contributed by atoms with Crippen molar-refractivity contribution in [2.75, 3.05) is 44.3 Å². The van der Waals surface area contributed by atoms with Crippen LogP contribution in [0.2, 0.25) is 0 Å². The summed E-state index contributed by atoms with van der Waals surface area (Å²) >= 11 is 0. The molecular weight excluding hydrogens is 242 g/mol. The molecule has 5 nitrogen and oxygen atoms in total. The summed E-state index contributed by atoms with van der Waals surface area (Å²) in [5, 5.41) is 1.11. The molecule has 0 amide bonds. The summed E-state index contributed by atoms with van der Waals surface area (Å²) in [5.74, 6) is 1.05. The average Bonchev–Trinajstić information content (AvgIpc) is 2.87. The maximum absolute atomic E-state index is 5.43. The zero-order valence-corrected chi connectivity index (χ0v) is 10.8. The van der Waals surface area contributed by atoms with Gasteiger partial charge in [-0.05, 0) is 12.1 Å². The van der Waals surface area contributed by atoms with Gasteiger partial charge in [0.05, 0.1) is 24.9 Å². The molecule has 0 spiro atoms. The minimum Gasteiger partial charge on any atom is -0.464 e. The molecule has 0 unspecified atom stereocenters. The molecular formula is C14H17N3O2. The Kier molecular flexibility index (Phi) is 2.67. The van der Waals surface area contributed by atoms with Gasteiger partial charge in [0.1, 0.15) is 11.4 Å². The minimum atomic E-state index is 0.646. The van der Waals surface area contributed by atoms with Crippen molar-refractivity contribution in [1.82, 2.24) is 9.88 Å². The fourth-order valence-corrected chi connectivity index (χ4v) is 2.93. The highest BCUT2D eigenvalue weighted by atomic mass is 16.5. The lowest BCUT2D eigenvalue weighted by molar-refractivity contribution is 0.0105. The fourth-order valence-electron chi connectivity index (χ4n) is 2.93. The predicted octanol–water partition coefficient (Wildman–Crippen LogP) is 1.35. The van der Waals surface area contributed by atoms with Crippen molar-refractivity contribution in [2.24, 2.45) is 0 Å². The van der Waals surface area contributed by atoms with E-state index in [4.69, 9.17) is 9.15 Å². The van der Waals surface area contributed by atoms with Gasteiger partial charge in [-0.3, -0.25) is 4.90 Å². The van der Waals surface area contributed by atoms with Crippen LogP contribution in [0.4, 0.5) is 5.82 Å². The second-order valence-corrected chi connectivity index (χ2v) is 5.17. The van der Waals surface area contributed by atoms with Gasteiger partial charge in [-0.2, -0.15) is 0 Å². The van der Waals surface area contributed by atoms with Crippen molar-refractivity contribution in [3.05, 3.63) is 24.6 Å². The maximum atomic E-state index is 5.43. The van der Waals surface area contributed by atoms with E-state index in [-0.39, 0.29) is 0 Å². The molecule has 2 aromatic heterocycles. The third kappa shape index (κ3) is 1.89. The molecule has 2 aliphatic rings. The fraction of sp³-hybridized carbons (Fsp3) is 0.500. The van der Waals surface area contributed by atoms with E-state index in [1.165, 1.54) is 0 Å². The van der Waals surface area contributed by atoms with Gasteiger partial charge in [0, 0.05) is 38.4 Å². The topological polar surface area (TPSA) is 41.7 Å². The Morgan fingerprint density at radius 3 is 2.84 bits per heavy atom. The van der Waals surface area contributed by atoms with Crippen molar-refractivity contribution < 1.29 is 9.15 Å². The lowest BCUT2D eigenvalue weighted by atomic mass is 10.1. The number of rotatable bonds is 2. The molecule has 0 radical (unpaired) electrons. The number of furan rings is 1. The first-order valence-corrected chi connectivity index (χ1v) is 6.81. The van der Waals surface area contributed by atoms with Crippen LogP contribution < -0.4 is 4.90 Å². The van der Waals surface area contributed by atoms with Gasteiger partial charge in [0.2, 0.25) is 0 Å². The molecule has 0 aromatic carbocycles. The summed E-state index contributed by atoms with van der Waals surface area (Å²) in [6.45, 7) is 5.95. The number of fused-ring (bicyclic) bond motifs is 1. The van der Waals surface area contributed by atoms with E-state index in [9.17, 15) is 0 Å². The van der Waals surface area contributed by atoms with Crippen LogP contribution in [-0.2, 0) is 4.74 Å². The smallest absolute Gasteiger partial charge is 0.139 e. The summed E-state index contributed by atoms with van der Waals surface area (Å²) in [4.78, 5) is 9.36. The van der Waals surface area contributed by atoms with E-state index in [0.29, 0.717) is 6.04 Å². The number of pyridine rings is 1. The first-order chi connectivity index (χ1) is 9.42. The Morgan fingerprint density at radius 2 is 2.00 bits per heavy atom. The number of hydrogen-bond acceptors (Lipinski definition) is 5. The van der Waals surface area contributed by atoms with Crippen LogP contribution in [0.5, 0.6) is 0 Å². The van der Waals surface area contributed by atoms with Gasteiger partial charge in [-0.1, -0.05) is 0 Å². The predicted molar refractivity (Wildman–Crippen MR) is 72.4 cm³/mol. The third-order valence-electron chi connectivity index (χ3n) is 4.08. The molecule has 5 heteroatoms. The summed E-state index contributed by atoms with van der Waals surface area (Å²) in [7, 11) is 0. The Bertz CT molecular complexity index is 571. The second-order valence-electron chi connectivity index (χ2n) is 5.17. The zero-order valence-electron chi connectivity index (χ0n) is 10.8. The van der Waals surface area contributed by atoms with Crippen LogP contribution in [0.1, 0.15) is 0 Å². The lowest BCUT2D eigenvalue weighted by Crippen LogP contribution is -2.61. The summed E-state index contributed by atoms with van der Waals surface area (Å²) in [6, 6.07) is 4.56. The van der Waals surface area contributed by atoms with Gasteiger partial charge in [0.25, 0.3) is 0 Å². The van der Waals surface area contributed by atoms with E-state index in [1.807, 2.05) is 18.3 Å². The molecule has 2 aromatic rings. The third-order valence-corrected chi connectivity index (χ3v) is 4.08. The van der Waals surface area contributed by atoms with E-state index >= 15 is 0 Å². The number of anilines is 1. The quantitative estimate of drug-likeness (QED) is 0.814. The van der Waals surface area contributed by atoms with Gasteiger partial charge in [-0.15, -0.1) is 0 Å². The highest BCUT2D eigenvalue weighted by molar-refractivity contribution is 5.88. The zero-order chi connectivity index (χ0) is 12.7. The normalized spacial score (nSPS) is 21.8. The monoisotopic (exact) mass is 259 g/mol. The largest absolute Gasteiger partial charge is 0.464 e. The number of hydrogen-bond donors (Lipinski definition) is 0. The van der Waals surface area contributed by atoms with Crippen LogP contribution in [0, 0.1) is 0 Å². The van der Waals surface area contributed by atoms with Crippen molar-refractivity contribution in [1.29, 1.82) is 0 Å². The Hall–Kier alpha value is -1.59. The van der Waals surface area contributed by atoms with Crippen molar-refractivity contribution >= 4 is 16.8 Å². The van der Waals surface area contributed by atoms with Crippen molar-refractivity contribution in [3.8, 4) is 0 Å². The highest BCUT2D eigenvalue weighted by Gasteiger charge is 2.34. The first-order valence-electron chi connectivity index (χ1n) is 6.81. The SMILES string of the molecule is c1cc2occc2c(N2CC(N3CCOCC3)C2)n1. The summed E-state index contributed by atoms with van der Waals surface area (Å²) < 4.78 is 10.8. The van der Waals surface area contributed by atoms with Gasteiger partial charge in [0.15, 0.2) is 0 Å². The Balaban J connectivity index is 1.49. The first kappa shape index (κ1) is 11.3. The van der Waals surface area contributed by atoms with E-state index in [0.717, 1.165) is 56.2 Å². The van der Waals surface area contributed by atoms with Crippen LogP contribution in [-0.4, -0.2) is 55.3 Å². The average molecular weight is 259 g/mol. The van der Waals surface area contributed by atoms with Crippen LogP contribution >= 0.6 is 0 Å². The molecule has 4 heterocycles. The summed E-state index contributed by atoms with van der Waals surface area (Å²) in [6.07, 6.45) is 3.55. The second kappa shape index (κ2) is 4.51. The number of aromatic nitrogens is 1. The molecule has 0 aliphatic carbocycles. The van der Waals surface area contributed by atoms with E-state index < -0.39 is 0 Å². The lowest BCUT2D eigenvalue weighted by Gasteiger charge is -2.47. The van der Waals surface area contributed by atoms with Crippen LogP contribution in [0.15, 0.2) is 29.0 Å². The number of morpholine rings is 1. The summed E-state index contributed by atoms with van der Waals surface area (Å²) in [5.41, 5.74) is 0.917. The maximum Gasteiger partial charge on any atom is 0.139 e. The molecule has 2 saturated heterocycles. The van der Waals surface area contributed by atoms with E-state index in [2.05, 4.69) is 14.8 Å². The molecule has 2 aliphatic heterocycles. The molecule has 19 heavy (non-hydrogen) atoms. The highest BCUT2D eigenvalue weighted by Crippen LogP contribution is 2.29. The molecule has 0 bridgehead atoms. The van der Waals surface area contributed by atoms with Crippen LogP contribution in [0.3, 0.4) is 0 Å². The Morgan fingerprint density at radius 1 is 1.16 bits per heavy atom. The molecule has 4 rings (SSSR count). The standard InChI is InChI=1S/C14H17N3O2/c1-3-15-14(12-2-6-19-13(1)12)17-9-11(10-17)16-4-7-18-8-5-16/h1-3,6,11H,4-5,7-10H2. The van der Waals surface area contributed by atoms with Gasteiger partial charge in [-0.25, -0.2) is 4.98 Å². The number of nitrogens with zero attached hydrogens (tertiary/aromatic N) is 3. The minimum absolute atomic E-state index is 0.646. The molecule has 2 fully saturated rings. The molecule has 100 valence electrons. The molecule has 0 N–H and O–H groups in total. The van der Waals surface area contributed by atoms with Gasteiger partial charge >= 0.3 is 0 Å². The van der Waals surface area contributed by atoms with Crippen molar-refractivity contribution in [3.63, 3.8) is 0 Å². The molecule has 0 atom stereocenters. The van der Waals surface area contributed by atoms with Gasteiger partial charge < -0.3 is 14.1 Å². The van der Waals surface area contributed by atoms with Crippen LogP contribution in [0.25, 0.3) is 11.0 Å².